The molecule has 1 aromatic heterocycles. The normalized spacial score (nSPS) is 22.2. The zero-order valence-corrected chi connectivity index (χ0v) is 13.3. The van der Waals surface area contributed by atoms with Crippen molar-refractivity contribution < 1.29 is 4.79 Å². The van der Waals surface area contributed by atoms with Crippen molar-refractivity contribution >= 4 is 38.4 Å². The summed E-state index contributed by atoms with van der Waals surface area (Å²) in [4.78, 5) is 16.9. The molecule has 0 bridgehead atoms. The number of pyridine rings is 1. The Morgan fingerprint density at radius 1 is 1.33 bits per heavy atom. The third-order valence-electron chi connectivity index (χ3n) is 4.09. The second-order valence-corrected chi connectivity index (χ2v) is 6.49. The summed E-state index contributed by atoms with van der Waals surface area (Å²) in [6.45, 7) is 0. The Kier molecular flexibility index (Phi) is 4.22. The topological polar surface area (TPSA) is 68.0 Å². The number of nitrogens with one attached hydrogen (secondary N) is 1. The first kappa shape index (κ1) is 14.5. The molecule has 0 aliphatic heterocycles. The summed E-state index contributed by atoms with van der Waals surface area (Å²) in [5, 5.41) is 4.00. The first-order valence-corrected chi connectivity index (χ1v) is 8.05. The number of aromatic nitrogens is 1. The van der Waals surface area contributed by atoms with E-state index in [-0.39, 0.29) is 17.9 Å². The van der Waals surface area contributed by atoms with Crippen LogP contribution in [0, 0.1) is 5.92 Å². The highest BCUT2D eigenvalue weighted by atomic mass is 79.9. The maximum atomic E-state index is 12.5. The lowest BCUT2D eigenvalue weighted by Crippen LogP contribution is -2.40. The summed E-state index contributed by atoms with van der Waals surface area (Å²) in [5.74, 6) is -0.0797. The van der Waals surface area contributed by atoms with Crippen LogP contribution in [-0.2, 0) is 4.79 Å². The van der Waals surface area contributed by atoms with E-state index in [1.807, 2.05) is 24.3 Å². The van der Waals surface area contributed by atoms with Gasteiger partial charge in [-0.1, -0.05) is 25.0 Å². The predicted molar refractivity (Wildman–Crippen MR) is 88.0 cm³/mol. The number of para-hydroxylation sites is 1. The van der Waals surface area contributed by atoms with Gasteiger partial charge < -0.3 is 11.1 Å². The van der Waals surface area contributed by atoms with Crippen LogP contribution >= 0.6 is 15.9 Å². The molecule has 1 saturated carbocycles. The lowest BCUT2D eigenvalue weighted by molar-refractivity contribution is -0.121. The quantitative estimate of drug-likeness (QED) is 0.873. The number of rotatable bonds is 2. The first-order chi connectivity index (χ1) is 10.1. The van der Waals surface area contributed by atoms with Gasteiger partial charge in [-0.2, -0.15) is 0 Å². The van der Waals surface area contributed by atoms with E-state index in [2.05, 4.69) is 26.2 Å². The zero-order chi connectivity index (χ0) is 14.8. The van der Waals surface area contributed by atoms with Gasteiger partial charge >= 0.3 is 0 Å². The molecule has 1 fully saturated rings. The fraction of sp³-hybridized carbons (Fsp3) is 0.375. The highest BCUT2D eigenvalue weighted by molar-refractivity contribution is 9.10. The molecule has 0 spiro atoms. The number of hydrogen-bond acceptors (Lipinski definition) is 3. The molecule has 21 heavy (non-hydrogen) atoms. The van der Waals surface area contributed by atoms with Crippen LogP contribution in [0.5, 0.6) is 0 Å². The largest absolute Gasteiger partial charge is 0.327 e. The van der Waals surface area contributed by atoms with Crippen molar-refractivity contribution in [2.75, 3.05) is 5.32 Å². The number of anilines is 1. The van der Waals surface area contributed by atoms with Crippen LogP contribution in [-0.4, -0.2) is 16.9 Å². The van der Waals surface area contributed by atoms with E-state index in [9.17, 15) is 4.79 Å². The molecule has 1 heterocycles. The summed E-state index contributed by atoms with van der Waals surface area (Å²) in [6, 6.07) is 7.75. The zero-order valence-electron chi connectivity index (χ0n) is 11.7. The minimum atomic E-state index is -0.0931. The second-order valence-electron chi connectivity index (χ2n) is 5.57. The van der Waals surface area contributed by atoms with E-state index in [4.69, 9.17) is 5.73 Å². The van der Waals surface area contributed by atoms with Crippen LogP contribution in [0.3, 0.4) is 0 Å². The Morgan fingerprint density at radius 2 is 2.14 bits per heavy atom. The molecule has 3 rings (SSSR count). The number of nitrogens with zero attached hydrogens (tertiary/aromatic N) is 1. The van der Waals surface area contributed by atoms with Crippen molar-refractivity contribution in [1.82, 2.24) is 4.98 Å². The fourth-order valence-electron chi connectivity index (χ4n) is 2.95. The van der Waals surface area contributed by atoms with Crippen LogP contribution in [0.15, 0.2) is 34.9 Å². The Hall–Kier alpha value is -1.46. The Bertz CT molecular complexity index is 674. The monoisotopic (exact) mass is 347 g/mol. The van der Waals surface area contributed by atoms with E-state index in [1.165, 1.54) is 0 Å². The van der Waals surface area contributed by atoms with Crippen molar-refractivity contribution in [1.29, 1.82) is 0 Å². The van der Waals surface area contributed by atoms with Gasteiger partial charge in [0.15, 0.2) is 0 Å². The molecule has 0 radical (unpaired) electrons. The number of carbonyl (C=O) groups is 1. The molecule has 2 aromatic rings. The molecule has 4 nitrogen and oxygen atoms in total. The molecule has 1 aliphatic rings. The van der Waals surface area contributed by atoms with Crippen LogP contribution < -0.4 is 11.1 Å². The Morgan fingerprint density at radius 3 is 2.95 bits per heavy atom. The van der Waals surface area contributed by atoms with Crippen molar-refractivity contribution in [3.63, 3.8) is 0 Å². The molecular weight excluding hydrogens is 330 g/mol. The van der Waals surface area contributed by atoms with E-state index in [0.717, 1.165) is 46.7 Å². The van der Waals surface area contributed by atoms with Crippen LogP contribution in [0.4, 0.5) is 5.69 Å². The number of nitrogens with two attached hydrogens (primary N) is 1. The summed E-state index contributed by atoms with van der Waals surface area (Å²) >= 11 is 3.41. The predicted octanol–water partition coefficient (Wildman–Crippen LogP) is 3.45. The highest BCUT2D eigenvalue weighted by Crippen LogP contribution is 2.27. The third-order valence-corrected chi connectivity index (χ3v) is 4.53. The van der Waals surface area contributed by atoms with Crippen molar-refractivity contribution in [3.05, 3.63) is 34.9 Å². The average molecular weight is 348 g/mol. The number of amides is 1. The SMILES string of the molecule is NC1CCCCC1C(=O)Nc1cccc2cc(Br)cnc12. The lowest BCUT2D eigenvalue weighted by Gasteiger charge is -2.27. The molecule has 1 aromatic carbocycles. The number of fused-ring (bicyclic) bond motifs is 1. The van der Waals surface area contributed by atoms with E-state index >= 15 is 0 Å². The van der Waals surface area contributed by atoms with Crippen molar-refractivity contribution in [3.8, 4) is 0 Å². The van der Waals surface area contributed by atoms with Gasteiger partial charge in [-0.05, 0) is 40.9 Å². The minimum Gasteiger partial charge on any atom is -0.327 e. The maximum Gasteiger partial charge on any atom is 0.229 e. The Labute approximate surface area is 132 Å². The number of hydrogen-bond donors (Lipinski definition) is 2. The number of benzene rings is 1. The molecule has 2 atom stereocenters. The molecule has 2 unspecified atom stereocenters. The summed E-state index contributed by atoms with van der Waals surface area (Å²) in [5.41, 5.74) is 7.64. The molecular formula is C16H18BrN3O. The van der Waals surface area contributed by atoms with Gasteiger partial charge in [-0.25, -0.2) is 0 Å². The van der Waals surface area contributed by atoms with E-state index < -0.39 is 0 Å². The lowest BCUT2D eigenvalue weighted by atomic mass is 9.84. The average Bonchev–Trinajstić information content (AvgIpc) is 2.47. The first-order valence-electron chi connectivity index (χ1n) is 7.26. The van der Waals surface area contributed by atoms with Crippen LogP contribution in [0.25, 0.3) is 10.9 Å². The van der Waals surface area contributed by atoms with Crippen molar-refractivity contribution in [2.45, 2.75) is 31.7 Å². The van der Waals surface area contributed by atoms with Crippen LogP contribution in [0.1, 0.15) is 25.7 Å². The summed E-state index contributed by atoms with van der Waals surface area (Å²) in [6.07, 6.45) is 5.74. The second kappa shape index (κ2) is 6.12. The third kappa shape index (κ3) is 3.09. The van der Waals surface area contributed by atoms with Gasteiger partial charge in [-0.15, -0.1) is 0 Å². The van der Waals surface area contributed by atoms with Gasteiger partial charge in [-0.3, -0.25) is 9.78 Å². The van der Waals surface area contributed by atoms with Gasteiger partial charge in [0, 0.05) is 22.1 Å². The fourth-order valence-corrected chi connectivity index (χ4v) is 3.29. The number of carbonyl (C=O) groups excluding carboxylic acids is 1. The van der Waals surface area contributed by atoms with Gasteiger partial charge in [0.2, 0.25) is 5.91 Å². The molecule has 1 aliphatic carbocycles. The highest BCUT2D eigenvalue weighted by Gasteiger charge is 2.28. The summed E-state index contributed by atoms with van der Waals surface area (Å²) in [7, 11) is 0. The van der Waals surface area contributed by atoms with Gasteiger partial charge in [0.1, 0.15) is 0 Å². The molecule has 3 N–H and O–H groups in total. The Balaban J connectivity index is 1.86. The van der Waals surface area contributed by atoms with Gasteiger partial charge in [0.25, 0.3) is 0 Å². The molecule has 0 saturated heterocycles. The van der Waals surface area contributed by atoms with E-state index in [1.54, 1.807) is 6.20 Å². The van der Waals surface area contributed by atoms with Gasteiger partial charge in [0.05, 0.1) is 17.1 Å². The van der Waals surface area contributed by atoms with E-state index in [0.29, 0.717) is 0 Å². The standard InChI is InChI=1S/C16H18BrN3O/c17-11-8-10-4-3-7-14(15(10)19-9-11)20-16(21)12-5-1-2-6-13(12)18/h3-4,7-9,12-13H,1-2,5-6,18H2,(H,20,21). The van der Waals surface area contributed by atoms with Crippen LogP contribution in [0.2, 0.25) is 0 Å². The molecule has 1 amide bonds. The maximum absolute atomic E-state index is 12.5. The van der Waals surface area contributed by atoms with Crippen molar-refractivity contribution in [2.24, 2.45) is 11.7 Å². The minimum absolute atomic E-state index is 0.0134. The smallest absolute Gasteiger partial charge is 0.229 e. The number of halogens is 1. The molecule has 5 heteroatoms. The molecule has 110 valence electrons. The summed E-state index contributed by atoms with van der Waals surface area (Å²) < 4.78 is 0.924.